The first kappa shape index (κ1) is 18.1. The van der Waals surface area contributed by atoms with Gasteiger partial charge >= 0.3 is 0 Å². The molecule has 0 saturated carbocycles. The molecular weight excluding hydrogens is 362 g/mol. The van der Waals surface area contributed by atoms with E-state index in [0.717, 1.165) is 36.5 Å². The highest BCUT2D eigenvalue weighted by Crippen LogP contribution is 2.31. The molecule has 0 unspecified atom stereocenters. The number of pyridine rings is 1. The lowest BCUT2D eigenvalue weighted by atomic mass is 9.95. The van der Waals surface area contributed by atoms with Gasteiger partial charge in [-0.05, 0) is 69.0 Å². The van der Waals surface area contributed by atoms with E-state index in [0.29, 0.717) is 18.1 Å². The highest BCUT2D eigenvalue weighted by molar-refractivity contribution is 5.88. The molecule has 6 heteroatoms. The molecule has 148 valence electrons. The Morgan fingerprint density at radius 1 is 1.14 bits per heavy atom. The number of hydrogen-bond donors (Lipinski definition) is 2. The molecule has 0 fully saturated rings. The molecule has 0 amide bonds. The van der Waals surface area contributed by atoms with Crippen molar-refractivity contribution in [1.29, 1.82) is 0 Å². The van der Waals surface area contributed by atoms with Gasteiger partial charge in [0.05, 0.1) is 6.42 Å². The van der Waals surface area contributed by atoms with Crippen LogP contribution in [0.2, 0.25) is 0 Å². The van der Waals surface area contributed by atoms with E-state index >= 15 is 0 Å². The van der Waals surface area contributed by atoms with Crippen LogP contribution in [0.3, 0.4) is 0 Å². The normalized spacial score (nSPS) is 13.8. The molecular formula is C23H25N5O. The van der Waals surface area contributed by atoms with Gasteiger partial charge in [-0.2, -0.15) is 4.98 Å². The lowest BCUT2D eigenvalue weighted by Gasteiger charge is -2.19. The van der Waals surface area contributed by atoms with Crippen molar-refractivity contribution in [2.24, 2.45) is 0 Å². The Labute approximate surface area is 169 Å². The van der Waals surface area contributed by atoms with Gasteiger partial charge in [-0.3, -0.25) is 4.98 Å². The molecule has 4 heterocycles. The number of fused-ring (bicyclic) bond motifs is 2. The van der Waals surface area contributed by atoms with Gasteiger partial charge < -0.3 is 14.8 Å². The number of hydrogen-bond acceptors (Lipinski definition) is 5. The predicted octanol–water partition coefficient (Wildman–Crippen LogP) is 4.08. The van der Waals surface area contributed by atoms with Crippen molar-refractivity contribution in [2.75, 3.05) is 6.54 Å². The first-order chi connectivity index (χ1) is 14.0. The second-order valence-corrected chi connectivity index (χ2v) is 8.07. The van der Waals surface area contributed by atoms with Crippen molar-refractivity contribution in [2.45, 2.75) is 47.1 Å². The molecule has 0 bridgehead atoms. The molecule has 0 spiro atoms. The Hall–Kier alpha value is -2.99. The molecule has 0 saturated heterocycles. The molecule has 29 heavy (non-hydrogen) atoms. The highest BCUT2D eigenvalue weighted by Gasteiger charge is 2.22. The minimum atomic E-state index is 0.616. The van der Waals surface area contributed by atoms with Crippen molar-refractivity contribution < 1.29 is 4.52 Å². The average Bonchev–Trinajstić information content (AvgIpc) is 3.27. The van der Waals surface area contributed by atoms with Crippen LogP contribution in [-0.4, -0.2) is 26.7 Å². The van der Waals surface area contributed by atoms with Crippen LogP contribution in [0.5, 0.6) is 0 Å². The Bertz CT molecular complexity index is 1230. The fourth-order valence-electron chi connectivity index (χ4n) is 4.51. The smallest absolute Gasteiger partial charge is 0.231 e. The van der Waals surface area contributed by atoms with Crippen molar-refractivity contribution in [3.05, 3.63) is 63.4 Å². The monoisotopic (exact) mass is 387 g/mol. The second kappa shape index (κ2) is 6.81. The van der Waals surface area contributed by atoms with Crippen molar-refractivity contribution >= 4 is 10.9 Å². The summed E-state index contributed by atoms with van der Waals surface area (Å²) in [6.45, 7) is 10.2. The van der Waals surface area contributed by atoms with Gasteiger partial charge in [-0.15, -0.1) is 0 Å². The zero-order valence-electron chi connectivity index (χ0n) is 17.3. The summed E-state index contributed by atoms with van der Waals surface area (Å²) in [5.74, 6) is 1.28. The van der Waals surface area contributed by atoms with E-state index in [4.69, 9.17) is 9.51 Å². The molecule has 0 atom stereocenters. The third kappa shape index (κ3) is 3.04. The van der Waals surface area contributed by atoms with E-state index in [2.05, 4.69) is 53.3 Å². The van der Waals surface area contributed by atoms with Crippen LogP contribution in [0.4, 0.5) is 0 Å². The van der Waals surface area contributed by atoms with Gasteiger partial charge in [-0.25, -0.2) is 0 Å². The molecule has 1 aliphatic rings. The van der Waals surface area contributed by atoms with E-state index in [1.54, 1.807) is 0 Å². The third-order valence-corrected chi connectivity index (χ3v) is 5.92. The molecule has 2 N–H and O–H groups in total. The van der Waals surface area contributed by atoms with Gasteiger partial charge in [0.25, 0.3) is 0 Å². The van der Waals surface area contributed by atoms with Crippen LogP contribution in [0.25, 0.3) is 22.3 Å². The van der Waals surface area contributed by atoms with Crippen molar-refractivity contribution in [1.82, 2.24) is 25.4 Å². The summed E-state index contributed by atoms with van der Waals surface area (Å²) in [6, 6.07) is 4.43. The summed E-state index contributed by atoms with van der Waals surface area (Å²) >= 11 is 0. The van der Waals surface area contributed by atoms with Crippen molar-refractivity contribution in [3.8, 4) is 11.4 Å². The van der Waals surface area contributed by atoms with E-state index in [1.807, 2.05) is 13.1 Å². The van der Waals surface area contributed by atoms with Crippen LogP contribution >= 0.6 is 0 Å². The summed E-state index contributed by atoms with van der Waals surface area (Å²) < 4.78 is 5.68. The fourth-order valence-corrected chi connectivity index (χ4v) is 4.51. The quantitative estimate of drug-likeness (QED) is 0.554. The maximum Gasteiger partial charge on any atom is 0.231 e. The SMILES string of the molecule is Cc1cc(C)c2[nH]c(C)c(Cc3nc(-c4c(C)ncc5c4CCNC5)no3)c2c1. The maximum absolute atomic E-state index is 5.68. The number of aromatic nitrogens is 4. The lowest BCUT2D eigenvalue weighted by Crippen LogP contribution is -2.24. The molecule has 0 radical (unpaired) electrons. The number of aryl methyl sites for hydroxylation is 4. The number of H-pyrrole nitrogens is 1. The Balaban J connectivity index is 1.55. The number of benzene rings is 1. The topological polar surface area (TPSA) is 79.6 Å². The zero-order valence-corrected chi connectivity index (χ0v) is 17.3. The van der Waals surface area contributed by atoms with Crippen molar-refractivity contribution in [3.63, 3.8) is 0 Å². The Morgan fingerprint density at radius 2 is 2.00 bits per heavy atom. The lowest BCUT2D eigenvalue weighted by molar-refractivity contribution is 0.385. The Morgan fingerprint density at radius 3 is 2.86 bits per heavy atom. The van der Waals surface area contributed by atoms with E-state index in [1.165, 1.54) is 38.7 Å². The molecule has 5 rings (SSSR count). The maximum atomic E-state index is 5.68. The van der Waals surface area contributed by atoms with Gasteiger partial charge in [0.1, 0.15) is 0 Å². The highest BCUT2D eigenvalue weighted by atomic mass is 16.5. The molecule has 0 aliphatic carbocycles. The third-order valence-electron chi connectivity index (χ3n) is 5.92. The second-order valence-electron chi connectivity index (χ2n) is 8.07. The molecule has 6 nitrogen and oxygen atoms in total. The average molecular weight is 387 g/mol. The summed E-state index contributed by atoms with van der Waals surface area (Å²) in [4.78, 5) is 12.9. The minimum Gasteiger partial charge on any atom is -0.358 e. The zero-order chi connectivity index (χ0) is 20.1. The largest absolute Gasteiger partial charge is 0.358 e. The van der Waals surface area contributed by atoms with Gasteiger partial charge in [-0.1, -0.05) is 16.8 Å². The number of rotatable bonds is 3. The summed E-state index contributed by atoms with van der Waals surface area (Å²) in [5.41, 5.74) is 10.6. The van der Waals surface area contributed by atoms with E-state index in [-0.39, 0.29) is 0 Å². The molecule has 3 aromatic heterocycles. The Kier molecular flexibility index (Phi) is 4.24. The van der Waals surface area contributed by atoms with Crippen LogP contribution in [0.1, 0.15) is 45.1 Å². The first-order valence-electron chi connectivity index (χ1n) is 10.1. The number of nitrogens with zero attached hydrogens (tertiary/aromatic N) is 3. The first-order valence-corrected chi connectivity index (χ1v) is 10.1. The molecule has 4 aromatic rings. The van der Waals surface area contributed by atoms with Gasteiger partial charge in [0.15, 0.2) is 0 Å². The summed E-state index contributed by atoms with van der Waals surface area (Å²) in [5, 5.41) is 8.96. The summed E-state index contributed by atoms with van der Waals surface area (Å²) in [7, 11) is 0. The van der Waals surface area contributed by atoms with E-state index in [9.17, 15) is 0 Å². The predicted molar refractivity (Wildman–Crippen MR) is 113 cm³/mol. The van der Waals surface area contributed by atoms with Crippen LogP contribution < -0.4 is 5.32 Å². The number of nitrogens with one attached hydrogen (secondary N) is 2. The molecule has 1 aliphatic heterocycles. The van der Waals surface area contributed by atoms with Crippen LogP contribution in [0, 0.1) is 27.7 Å². The van der Waals surface area contributed by atoms with Crippen LogP contribution in [0.15, 0.2) is 22.9 Å². The number of aromatic amines is 1. The van der Waals surface area contributed by atoms with Crippen LogP contribution in [-0.2, 0) is 19.4 Å². The van der Waals surface area contributed by atoms with Gasteiger partial charge in [0, 0.05) is 40.6 Å². The molecule has 1 aromatic carbocycles. The van der Waals surface area contributed by atoms with E-state index < -0.39 is 0 Å². The summed E-state index contributed by atoms with van der Waals surface area (Å²) in [6.07, 6.45) is 3.53. The van der Waals surface area contributed by atoms with Gasteiger partial charge in [0.2, 0.25) is 11.7 Å². The minimum absolute atomic E-state index is 0.616. The standard InChI is InChI=1S/C23H25N5O/c1-12-7-13(2)22-19(8-12)18(14(3)26-22)9-20-27-23(28-29-20)21-15(4)25-11-16-10-24-6-5-17(16)21/h7-8,11,24,26H,5-6,9-10H2,1-4H3. The fraction of sp³-hybridized carbons (Fsp3) is 0.348.